The standard InChI is InChI=1S/C16H20FN5O4S/c1-12-16(22(23)24)13(2)21(18-12)11-19-7-9-20(10-8-19)27(25,26)15-6-4-3-5-14(15)17/h3-6H,7-11H2,1-2H3. The first kappa shape index (κ1) is 19.4. The summed E-state index contributed by atoms with van der Waals surface area (Å²) in [6.45, 7) is 4.79. The van der Waals surface area contributed by atoms with Gasteiger partial charge in [0, 0.05) is 26.2 Å². The van der Waals surface area contributed by atoms with Gasteiger partial charge in [0.25, 0.3) is 0 Å². The van der Waals surface area contributed by atoms with Crippen LogP contribution in [0, 0.1) is 29.8 Å². The molecular formula is C16H20FN5O4S. The topological polar surface area (TPSA) is 102 Å². The molecule has 1 aromatic carbocycles. The molecule has 0 unspecified atom stereocenters. The summed E-state index contributed by atoms with van der Waals surface area (Å²) >= 11 is 0. The Morgan fingerprint density at radius 3 is 2.37 bits per heavy atom. The van der Waals surface area contributed by atoms with E-state index >= 15 is 0 Å². The predicted molar refractivity (Wildman–Crippen MR) is 95.1 cm³/mol. The first-order valence-electron chi connectivity index (χ1n) is 8.37. The van der Waals surface area contributed by atoms with E-state index in [1.165, 1.54) is 22.5 Å². The van der Waals surface area contributed by atoms with Crippen LogP contribution in [0.2, 0.25) is 0 Å². The van der Waals surface area contributed by atoms with E-state index in [2.05, 4.69) is 5.10 Å². The molecule has 146 valence electrons. The molecule has 11 heteroatoms. The Kier molecular flexibility index (Phi) is 5.27. The molecule has 0 bridgehead atoms. The third-order valence-corrected chi connectivity index (χ3v) is 6.58. The summed E-state index contributed by atoms with van der Waals surface area (Å²) in [7, 11) is -3.89. The van der Waals surface area contributed by atoms with Gasteiger partial charge in [-0.1, -0.05) is 12.1 Å². The van der Waals surface area contributed by atoms with Crippen molar-refractivity contribution in [2.75, 3.05) is 26.2 Å². The number of piperazine rings is 1. The molecule has 1 aromatic heterocycles. The van der Waals surface area contributed by atoms with Crippen molar-refractivity contribution < 1.29 is 17.7 Å². The summed E-state index contributed by atoms with van der Waals surface area (Å²) < 4.78 is 41.9. The summed E-state index contributed by atoms with van der Waals surface area (Å²) in [6.07, 6.45) is 0. The lowest BCUT2D eigenvalue weighted by Gasteiger charge is -2.33. The highest BCUT2D eigenvalue weighted by Crippen LogP contribution is 2.23. The van der Waals surface area contributed by atoms with Gasteiger partial charge in [0.15, 0.2) is 0 Å². The number of nitro groups is 1. The number of aromatic nitrogens is 2. The van der Waals surface area contributed by atoms with E-state index in [-0.39, 0.29) is 23.7 Å². The molecule has 1 fully saturated rings. The van der Waals surface area contributed by atoms with Crippen molar-refractivity contribution in [1.82, 2.24) is 19.0 Å². The third-order valence-electron chi connectivity index (χ3n) is 4.65. The first-order chi connectivity index (χ1) is 12.7. The molecule has 0 atom stereocenters. The van der Waals surface area contributed by atoms with E-state index in [0.717, 1.165) is 6.07 Å². The quantitative estimate of drug-likeness (QED) is 0.560. The minimum atomic E-state index is -3.89. The Hall–Kier alpha value is -2.37. The molecule has 0 N–H and O–H groups in total. The summed E-state index contributed by atoms with van der Waals surface area (Å²) in [5.41, 5.74) is 0.799. The molecule has 0 aliphatic carbocycles. The normalized spacial score (nSPS) is 16.6. The molecule has 3 rings (SSSR count). The predicted octanol–water partition coefficient (Wildman–Crippen LogP) is 1.51. The van der Waals surface area contributed by atoms with E-state index in [9.17, 15) is 22.9 Å². The van der Waals surface area contributed by atoms with Crippen LogP contribution in [0.4, 0.5) is 10.1 Å². The Bertz CT molecular complexity index is 967. The van der Waals surface area contributed by atoms with Gasteiger partial charge in [-0.05, 0) is 26.0 Å². The van der Waals surface area contributed by atoms with Crippen molar-refractivity contribution in [3.63, 3.8) is 0 Å². The van der Waals surface area contributed by atoms with Gasteiger partial charge in [-0.15, -0.1) is 0 Å². The van der Waals surface area contributed by atoms with E-state index < -0.39 is 20.8 Å². The SMILES string of the molecule is Cc1nn(CN2CCN(S(=O)(=O)c3ccccc3F)CC2)c(C)c1[N+](=O)[O-]. The van der Waals surface area contributed by atoms with E-state index in [4.69, 9.17) is 0 Å². The number of aryl methyl sites for hydroxylation is 1. The fraction of sp³-hybridized carbons (Fsp3) is 0.438. The van der Waals surface area contributed by atoms with Gasteiger partial charge >= 0.3 is 5.69 Å². The van der Waals surface area contributed by atoms with Gasteiger partial charge in [-0.3, -0.25) is 15.0 Å². The number of sulfonamides is 1. The van der Waals surface area contributed by atoms with E-state index in [0.29, 0.717) is 31.1 Å². The lowest BCUT2D eigenvalue weighted by molar-refractivity contribution is -0.386. The van der Waals surface area contributed by atoms with Crippen LogP contribution in [0.5, 0.6) is 0 Å². The number of rotatable bonds is 5. The molecule has 1 aliphatic heterocycles. The van der Waals surface area contributed by atoms with E-state index in [1.54, 1.807) is 18.5 Å². The molecule has 1 saturated heterocycles. The molecule has 0 saturated carbocycles. The summed E-state index contributed by atoms with van der Waals surface area (Å²) in [5, 5.41) is 15.3. The first-order valence-corrected chi connectivity index (χ1v) is 9.81. The van der Waals surface area contributed by atoms with Crippen LogP contribution >= 0.6 is 0 Å². The number of halogens is 1. The Morgan fingerprint density at radius 1 is 1.19 bits per heavy atom. The lowest BCUT2D eigenvalue weighted by Crippen LogP contribution is -2.49. The van der Waals surface area contributed by atoms with Gasteiger partial charge in [0.2, 0.25) is 10.0 Å². The average Bonchev–Trinajstić information content (AvgIpc) is 2.89. The van der Waals surface area contributed by atoms with Crippen LogP contribution < -0.4 is 0 Å². The van der Waals surface area contributed by atoms with Crippen LogP contribution in [0.1, 0.15) is 11.4 Å². The molecule has 0 spiro atoms. The minimum absolute atomic E-state index is 0.00392. The van der Waals surface area contributed by atoms with Gasteiger partial charge in [-0.2, -0.15) is 9.40 Å². The zero-order valence-electron chi connectivity index (χ0n) is 15.0. The second-order valence-corrected chi connectivity index (χ2v) is 8.28. The van der Waals surface area contributed by atoms with Crippen molar-refractivity contribution >= 4 is 15.7 Å². The molecular weight excluding hydrogens is 377 g/mol. The zero-order chi connectivity index (χ0) is 19.8. The number of benzene rings is 1. The molecule has 2 heterocycles. The fourth-order valence-electron chi connectivity index (χ4n) is 3.18. The van der Waals surface area contributed by atoms with Crippen molar-refractivity contribution in [2.45, 2.75) is 25.4 Å². The number of hydrogen-bond acceptors (Lipinski definition) is 6. The summed E-state index contributed by atoms with van der Waals surface area (Å²) in [5.74, 6) is -0.769. The molecule has 0 amide bonds. The monoisotopic (exact) mass is 397 g/mol. The van der Waals surface area contributed by atoms with Gasteiger partial charge in [0.1, 0.15) is 22.1 Å². The average molecular weight is 397 g/mol. The maximum absolute atomic E-state index is 13.9. The molecule has 27 heavy (non-hydrogen) atoms. The number of hydrogen-bond donors (Lipinski definition) is 0. The highest BCUT2D eigenvalue weighted by atomic mass is 32.2. The zero-order valence-corrected chi connectivity index (χ0v) is 15.8. The van der Waals surface area contributed by atoms with Crippen LogP contribution in [0.3, 0.4) is 0 Å². The second kappa shape index (κ2) is 7.33. The minimum Gasteiger partial charge on any atom is -0.282 e. The summed E-state index contributed by atoms with van der Waals surface area (Å²) in [6, 6.07) is 5.31. The highest BCUT2D eigenvalue weighted by molar-refractivity contribution is 7.89. The fourth-order valence-corrected chi connectivity index (χ4v) is 4.67. The molecule has 2 aromatic rings. The summed E-state index contributed by atoms with van der Waals surface area (Å²) in [4.78, 5) is 12.3. The lowest BCUT2D eigenvalue weighted by atomic mass is 10.3. The van der Waals surface area contributed by atoms with Crippen LogP contribution in [-0.4, -0.2) is 58.5 Å². The maximum atomic E-state index is 13.9. The van der Waals surface area contributed by atoms with Crippen LogP contribution in [0.15, 0.2) is 29.2 Å². The van der Waals surface area contributed by atoms with Crippen molar-refractivity contribution in [3.8, 4) is 0 Å². The van der Waals surface area contributed by atoms with E-state index in [1.807, 2.05) is 4.90 Å². The van der Waals surface area contributed by atoms with Gasteiger partial charge in [-0.25, -0.2) is 17.5 Å². The Morgan fingerprint density at radius 2 is 1.81 bits per heavy atom. The molecule has 0 radical (unpaired) electrons. The highest BCUT2D eigenvalue weighted by Gasteiger charge is 2.31. The maximum Gasteiger partial charge on any atom is 0.312 e. The van der Waals surface area contributed by atoms with Crippen LogP contribution in [-0.2, 0) is 16.7 Å². The second-order valence-electron chi connectivity index (χ2n) is 6.37. The van der Waals surface area contributed by atoms with Crippen LogP contribution in [0.25, 0.3) is 0 Å². The molecule has 9 nitrogen and oxygen atoms in total. The van der Waals surface area contributed by atoms with Crippen molar-refractivity contribution in [1.29, 1.82) is 0 Å². The molecule has 1 aliphatic rings. The largest absolute Gasteiger partial charge is 0.312 e. The van der Waals surface area contributed by atoms with Gasteiger partial charge < -0.3 is 0 Å². The van der Waals surface area contributed by atoms with Gasteiger partial charge in [0.05, 0.1) is 11.6 Å². The smallest absolute Gasteiger partial charge is 0.282 e. The van der Waals surface area contributed by atoms with Crippen molar-refractivity contribution in [2.24, 2.45) is 0 Å². The number of nitrogens with zero attached hydrogens (tertiary/aromatic N) is 5. The van der Waals surface area contributed by atoms with Crippen molar-refractivity contribution in [3.05, 3.63) is 51.6 Å². The Labute approximate surface area is 156 Å². The third kappa shape index (κ3) is 3.70. The Balaban J connectivity index is 1.69.